The predicted octanol–water partition coefficient (Wildman–Crippen LogP) is 4.99. The van der Waals surface area contributed by atoms with E-state index >= 15 is 0 Å². The summed E-state index contributed by atoms with van der Waals surface area (Å²) in [5.74, 6) is 3.52. The van der Waals surface area contributed by atoms with Gasteiger partial charge in [0.15, 0.2) is 0 Å². The van der Waals surface area contributed by atoms with E-state index in [4.69, 9.17) is 4.42 Å². The molecule has 1 aromatic heterocycles. The van der Waals surface area contributed by atoms with Crippen LogP contribution in [0.1, 0.15) is 68.1 Å². The van der Waals surface area contributed by atoms with Gasteiger partial charge in [-0.3, -0.25) is 4.79 Å². The Bertz CT molecular complexity index is 886. The Morgan fingerprint density at radius 1 is 1.00 bits per heavy atom. The number of rotatable bonds is 5. The molecule has 5 aliphatic rings. The molecule has 2 heterocycles. The molecule has 7 rings (SSSR count). The second-order valence-corrected chi connectivity index (χ2v) is 11.1. The molecule has 1 aromatic carbocycles. The minimum absolute atomic E-state index is 0.0990. The number of likely N-dealkylation sites (tertiary alicyclic amines) is 1. The Kier molecular flexibility index (Phi) is 4.66. The number of amides is 1. The van der Waals surface area contributed by atoms with E-state index in [1.54, 1.807) is 0 Å². The van der Waals surface area contributed by atoms with E-state index in [9.17, 15) is 4.79 Å². The van der Waals surface area contributed by atoms with Gasteiger partial charge in [-0.15, -0.1) is 10.2 Å². The first kappa shape index (κ1) is 18.9. The number of carbonyl (C=O) groups excluding carboxylic acids is 1. The molecule has 1 saturated heterocycles. The Morgan fingerprint density at radius 3 is 2.27 bits per heavy atom. The molecule has 158 valence electrons. The highest BCUT2D eigenvalue weighted by atomic mass is 32.2. The minimum atomic E-state index is -0.325. The van der Waals surface area contributed by atoms with Gasteiger partial charge in [-0.05, 0) is 86.4 Å². The Hall–Kier alpha value is -1.82. The number of aromatic nitrogens is 2. The number of nitrogens with zero attached hydrogens (tertiary/aromatic N) is 3. The molecule has 1 atom stereocenters. The normalized spacial score (nSPS) is 33.2. The second-order valence-electron chi connectivity index (χ2n) is 10.0. The number of benzene rings is 1. The van der Waals surface area contributed by atoms with Crippen molar-refractivity contribution in [3.05, 3.63) is 41.8 Å². The standard InChI is InChI=1S/C24H29N3O2S/c28-21(27-8-4-5-9-27)20(19-6-2-1-3-7-19)30-23-26-25-22(29-23)24-13-16-10-17(14-24)12-18(11-16)15-24/h1-3,6-7,16-18,20H,4-5,8-15H2/t16?,17?,18?,20-,24?/m0/s1. The van der Waals surface area contributed by atoms with E-state index < -0.39 is 0 Å². The Labute approximate surface area is 182 Å². The van der Waals surface area contributed by atoms with Crippen LogP contribution in [0.5, 0.6) is 0 Å². The first-order valence-electron chi connectivity index (χ1n) is 11.5. The predicted molar refractivity (Wildman–Crippen MR) is 115 cm³/mol. The van der Waals surface area contributed by atoms with Crippen LogP contribution in [-0.2, 0) is 10.2 Å². The number of hydrogen-bond donors (Lipinski definition) is 0. The summed E-state index contributed by atoms with van der Waals surface area (Å²) in [7, 11) is 0. The minimum Gasteiger partial charge on any atom is -0.415 e. The summed E-state index contributed by atoms with van der Waals surface area (Å²) in [6, 6.07) is 10.0. The highest BCUT2D eigenvalue weighted by Gasteiger charge is 2.54. The third-order valence-electron chi connectivity index (χ3n) is 7.86. The van der Waals surface area contributed by atoms with Gasteiger partial charge in [0.25, 0.3) is 5.22 Å². The van der Waals surface area contributed by atoms with E-state index in [0.717, 1.165) is 55.1 Å². The Balaban J connectivity index is 1.26. The van der Waals surface area contributed by atoms with Crippen LogP contribution in [0.15, 0.2) is 40.0 Å². The molecule has 4 bridgehead atoms. The van der Waals surface area contributed by atoms with E-state index in [-0.39, 0.29) is 16.6 Å². The summed E-state index contributed by atoms with van der Waals surface area (Å²) in [5.41, 5.74) is 1.11. The van der Waals surface area contributed by atoms with Crippen molar-refractivity contribution < 1.29 is 9.21 Å². The average Bonchev–Trinajstić information content (AvgIpc) is 3.44. The van der Waals surface area contributed by atoms with Gasteiger partial charge in [-0.1, -0.05) is 30.3 Å². The zero-order valence-corrected chi connectivity index (χ0v) is 18.2. The molecule has 4 aliphatic carbocycles. The van der Waals surface area contributed by atoms with Crippen molar-refractivity contribution in [3.8, 4) is 0 Å². The molecule has 1 amide bonds. The maximum Gasteiger partial charge on any atom is 0.277 e. The van der Waals surface area contributed by atoms with Crippen molar-refractivity contribution in [2.75, 3.05) is 13.1 Å². The maximum atomic E-state index is 13.3. The summed E-state index contributed by atoms with van der Waals surface area (Å²) in [6.07, 6.45) is 10.0. The van der Waals surface area contributed by atoms with Crippen LogP contribution in [0.4, 0.5) is 0 Å². The molecule has 0 unspecified atom stereocenters. The maximum absolute atomic E-state index is 13.3. The van der Waals surface area contributed by atoms with Crippen LogP contribution < -0.4 is 0 Å². The molecule has 5 nitrogen and oxygen atoms in total. The summed E-state index contributed by atoms with van der Waals surface area (Å²) >= 11 is 1.43. The van der Waals surface area contributed by atoms with Gasteiger partial charge in [0, 0.05) is 18.5 Å². The molecule has 0 N–H and O–H groups in total. The molecule has 5 fully saturated rings. The zero-order chi connectivity index (χ0) is 20.1. The van der Waals surface area contributed by atoms with Crippen molar-refractivity contribution in [3.63, 3.8) is 0 Å². The summed E-state index contributed by atoms with van der Waals surface area (Å²) in [5, 5.41) is 9.19. The van der Waals surface area contributed by atoms with E-state index in [0.29, 0.717) is 5.22 Å². The van der Waals surface area contributed by atoms with Crippen LogP contribution in [0.2, 0.25) is 0 Å². The first-order chi connectivity index (χ1) is 14.7. The fraction of sp³-hybridized carbons (Fsp3) is 0.625. The quantitative estimate of drug-likeness (QED) is 0.634. The molecule has 0 spiro atoms. The topological polar surface area (TPSA) is 59.2 Å². The molecule has 0 radical (unpaired) electrons. The van der Waals surface area contributed by atoms with Crippen molar-refractivity contribution >= 4 is 17.7 Å². The summed E-state index contributed by atoms with van der Waals surface area (Å²) < 4.78 is 6.30. The van der Waals surface area contributed by atoms with Crippen LogP contribution in [-0.4, -0.2) is 34.1 Å². The second kappa shape index (κ2) is 7.40. The van der Waals surface area contributed by atoms with Crippen LogP contribution >= 0.6 is 11.8 Å². The SMILES string of the molecule is O=C([C@@H](Sc1nnc(C23CC4CC(CC(C4)C2)C3)o1)c1ccccc1)N1CCCC1. The third-order valence-corrected chi connectivity index (χ3v) is 8.94. The molecule has 2 aromatic rings. The van der Waals surface area contributed by atoms with Gasteiger partial charge in [-0.25, -0.2) is 0 Å². The highest BCUT2D eigenvalue weighted by Crippen LogP contribution is 2.60. The molecular weight excluding hydrogens is 394 g/mol. The van der Waals surface area contributed by atoms with Crippen molar-refractivity contribution in [2.45, 2.75) is 67.3 Å². The fourth-order valence-corrected chi connectivity index (χ4v) is 7.90. The van der Waals surface area contributed by atoms with Gasteiger partial charge >= 0.3 is 0 Å². The van der Waals surface area contributed by atoms with E-state index in [1.165, 1.54) is 50.3 Å². The summed E-state index contributed by atoms with van der Waals surface area (Å²) in [4.78, 5) is 15.3. The van der Waals surface area contributed by atoms with Crippen LogP contribution in [0.25, 0.3) is 0 Å². The first-order valence-corrected chi connectivity index (χ1v) is 12.4. The smallest absolute Gasteiger partial charge is 0.277 e. The lowest BCUT2D eigenvalue weighted by Crippen LogP contribution is -2.48. The van der Waals surface area contributed by atoms with E-state index in [1.807, 2.05) is 35.2 Å². The molecule has 6 heteroatoms. The van der Waals surface area contributed by atoms with Gasteiger partial charge in [0.2, 0.25) is 11.8 Å². The third kappa shape index (κ3) is 3.28. The van der Waals surface area contributed by atoms with Gasteiger partial charge in [0.1, 0.15) is 5.25 Å². The number of carbonyl (C=O) groups is 1. The average molecular weight is 424 g/mol. The largest absolute Gasteiger partial charge is 0.415 e. The van der Waals surface area contributed by atoms with Crippen molar-refractivity contribution in [1.29, 1.82) is 0 Å². The zero-order valence-electron chi connectivity index (χ0n) is 17.3. The Morgan fingerprint density at radius 2 is 1.63 bits per heavy atom. The van der Waals surface area contributed by atoms with Gasteiger partial charge in [-0.2, -0.15) is 0 Å². The van der Waals surface area contributed by atoms with Crippen molar-refractivity contribution in [1.82, 2.24) is 15.1 Å². The molecule has 1 aliphatic heterocycles. The lowest BCUT2D eigenvalue weighted by molar-refractivity contribution is -0.129. The lowest BCUT2D eigenvalue weighted by Gasteiger charge is -2.55. The van der Waals surface area contributed by atoms with Crippen LogP contribution in [0.3, 0.4) is 0 Å². The van der Waals surface area contributed by atoms with Crippen LogP contribution in [0, 0.1) is 17.8 Å². The fourth-order valence-electron chi connectivity index (χ4n) is 6.94. The van der Waals surface area contributed by atoms with Crippen molar-refractivity contribution in [2.24, 2.45) is 17.8 Å². The van der Waals surface area contributed by atoms with Gasteiger partial charge < -0.3 is 9.32 Å². The van der Waals surface area contributed by atoms with Gasteiger partial charge in [0.05, 0.1) is 0 Å². The number of hydrogen-bond acceptors (Lipinski definition) is 5. The monoisotopic (exact) mass is 423 g/mol. The molecular formula is C24H29N3O2S. The lowest BCUT2D eigenvalue weighted by atomic mass is 9.49. The number of thioether (sulfide) groups is 1. The van der Waals surface area contributed by atoms with E-state index in [2.05, 4.69) is 10.2 Å². The summed E-state index contributed by atoms with van der Waals surface area (Å²) in [6.45, 7) is 1.70. The molecule has 30 heavy (non-hydrogen) atoms. The molecule has 4 saturated carbocycles. The highest BCUT2D eigenvalue weighted by molar-refractivity contribution is 8.00.